The van der Waals surface area contributed by atoms with Gasteiger partial charge in [0.2, 0.25) is 5.91 Å². The molecule has 1 saturated heterocycles. The van der Waals surface area contributed by atoms with Gasteiger partial charge in [-0.2, -0.15) is 0 Å². The summed E-state index contributed by atoms with van der Waals surface area (Å²) in [5, 5.41) is 8.30. The minimum absolute atomic E-state index is 0.164. The number of amides is 1. The number of rotatable bonds is 6. The molecule has 4 N–H and O–H groups in total. The van der Waals surface area contributed by atoms with Crippen molar-refractivity contribution in [3.05, 3.63) is 63.6 Å². The van der Waals surface area contributed by atoms with E-state index in [1.54, 1.807) is 12.1 Å². The molecule has 8 heteroatoms. The maximum atomic E-state index is 11.9. The number of nitrogens with zero attached hydrogens (tertiary/aromatic N) is 2. The molecule has 0 aromatic heterocycles. The SMILES string of the molecule is C[C@H]1[C@@H](/N=C(\Nc2ccc(C(CC(N)=O)c3ccc(Cl)cc3Cl)cc2)N2CCN[C@@H](C)C2)C[C@@H]2C[C@H]1C2(C)C. The van der Waals surface area contributed by atoms with Crippen LogP contribution in [0, 0.1) is 23.2 Å². The maximum absolute atomic E-state index is 11.9. The fourth-order valence-corrected chi connectivity index (χ4v) is 7.63. The number of primary amides is 1. The van der Waals surface area contributed by atoms with Crippen molar-refractivity contribution in [2.75, 3.05) is 25.0 Å². The first-order valence-corrected chi connectivity index (χ1v) is 14.9. The van der Waals surface area contributed by atoms with Crippen molar-refractivity contribution >= 4 is 40.8 Å². The second-order valence-corrected chi connectivity index (χ2v) is 13.3. The van der Waals surface area contributed by atoms with E-state index in [-0.39, 0.29) is 18.2 Å². The van der Waals surface area contributed by atoms with Gasteiger partial charge in [-0.25, -0.2) is 4.99 Å². The number of guanidine groups is 1. The van der Waals surface area contributed by atoms with Gasteiger partial charge < -0.3 is 21.3 Å². The molecule has 0 radical (unpaired) electrons. The van der Waals surface area contributed by atoms with Crippen LogP contribution in [-0.2, 0) is 4.79 Å². The number of nitrogens with one attached hydrogen (secondary N) is 2. The molecule has 4 aliphatic rings. The normalized spacial score (nSPS) is 28.9. The van der Waals surface area contributed by atoms with Crippen molar-refractivity contribution in [2.45, 2.75) is 65.0 Å². The van der Waals surface area contributed by atoms with E-state index < -0.39 is 0 Å². The highest BCUT2D eigenvalue weighted by Gasteiger charge is 2.56. The van der Waals surface area contributed by atoms with Gasteiger partial charge in [-0.05, 0) is 78.3 Å². The smallest absolute Gasteiger partial charge is 0.218 e. The highest BCUT2D eigenvalue weighted by atomic mass is 35.5. The lowest BCUT2D eigenvalue weighted by molar-refractivity contribution is -0.118. The van der Waals surface area contributed by atoms with Crippen molar-refractivity contribution in [3.8, 4) is 0 Å². The van der Waals surface area contributed by atoms with Gasteiger partial charge in [0.05, 0.1) is 6.04 Å². The van der Waals surface area contributed by atoms with E-state index in [1.165, 1.54) is 6.42 Å². The predicted octanol–water partition coefficient (Wildman–Crippen LogP) is 6.13. The molecule has 2 bridgehead atoms. The Hall–Kier alpha value is -2.28. The number of carbonyl (C=O) groups excluding carboxylic acids is 1. The Balaban J connectivity index is 1.39. The van der Waals surface area contributed by atoms with E-state index in [0.717, 1.165) is 60.7 Å². The number of hydrogen-bond donors (Lipinski definition) is 3. The van der Waals surface area contributed by atoms with Crippen LogP contribution in [0.1, 0.15) is 64.0 Å². The van der Waals surface area contributed by atoms with Gasteiger partial charge >= 0.3 is 0 Å². The first-order valence-electron chi connectivity index (χ1n) is 14.2. The molecule has 2 aromatic rings. The summed E-state index contributed by atoms with van der Waals surface area (Å²) in [6.07, 6.45) is 2.67. The largest absolute Gasteiger partial charge is 0.370 e. The molecule has 6 rings (SSSR count). The molecular formula is C31H41Cl2N5O. The van der Waals surface area contributed by atoms with Gasteiger partial charge in [0.15, 0.2) is 5.96 Å². The van der Waals surface area contributed by atoms with Crippen LogP contribution in [0.25, 0.3) is 0 Å². The lowest BCUT2D eigenvalue weighted by Crippen LogP contribution is -2.57. The summed E-state index contributed by atoms with van der Waals surface area (Å²) in [6.45, 7) is 12.3. The van der Waals surface area contributed by atoms with Gasteiger partial charge in [0.25, 0.3) is 0 Å². The lowest BCUT2D eigenvalue weighted by Gasteiger charge is -2.61. The zero-order valence-electron chi connectivity index (χ0n) is 23.4. The van der Waals surface area contributed by atoms with E-state index in [0.29, 0.717) is 33.5 Å². The number of nitrogens with two attached hydrogens (primary N) is 1. The van der Waals surface area contributed by atoms with Crippen molar-refractivity contribution in [1.82, 2.24) is 10.2 Å². The minimum atomic E-state index is -0.377. The van der Waals surface area contributed by atoms with Crippen molar-refractivity contribution in [1.29, 1.82) is 0 Å². The number of fused-ring (bicyclic) bond motifs is 2. The Bertz CT molecular complexity index is 1230. The Morgan fingerprint density at radius 1 is 1.18 bits per heavy atom. The van der Waals surface area contributed by atoms with Gasteiger partial charge in [0, 0.05) is 53.7 Å². The number of aliphatic imine (C=N–C) groups is 1. The Labute approximate surface area is 242 Å². The van der Waals surface area contributed by atoms with Gasteiger partial charge in [-0.3, -0.25) is 4.79 Å². The third-order valence-corrected chi connectivity index (χ3v) is 10.1. The van der Waals surface area contributed by atoms with Crippen molar-refractivity contribution < 1.29 is 4.79 Å². The second kappa shape index (κ2) is 11.3. The molecule has 1 amide bonds. The van der Waals surface area contributed by atoms with E-state index in [2.05, 4.69) is 55.4 Å². The molecule has 2 aromatic carbocycles. The molecule has 1 aliphatic heterocycles. The number of carbonyl (C=O) groups is 1. The fraction of sp³-hybridized carbons (Fsp3) is 0.548. The zero-order chi connectivity index (χ0) is 27.9. The summed E-state index contributed by atoms with van der Waals surface area (Å²) >= 11 is 12.6. The molecule has 210 valence electrons. The molecule has 3 aliphatic carbocycles. The van der Waals surface area contributed by atoms with Gasteiger partial charge in [-0.15, -0.1) is 0 Å². The van der Waals surface area contributed by atoms with Crippen LogP contribution in [0.5, 0.6) is 0 Å². The van der Waals surface area contributed by atoms with E-state index in [9.17, 15) is 4.79 Å². The minimum Gasteiger partial charge on any atom is -0.370 e. The summed E-state index contributed by atoms with van der Waals surface area (Å²) < 4.78 is 0. The van der Waals surface area contributed by atoms with Gasteiger partial charge in [0.1, 0.15) is 0 Å². The zero-order valence-corrected chi connectivity index (χ0v) is 24.9. The second-order valence-electron chi connectivity index (χ2n) is 12.4. The Morgan fingerprint density at radius 2 is 1.92 bits per heavy atom. The van der Waals surface area contributed by atoms with Crippen LogP contribution in [-0.4, -0.2) is 48.5 Å². The molecule has 0 spiro atoms. The van der Waals surface area contributed by atoms with Crippen LogP contribution in [0.3, 0.4) is 0 Å². The van der Waals surface area contributed by atoms with Crippen LogP contribution in [0.2, 0.25) is 10.0 Å². The maximum Gasteiger partial charge on any atom is 0.218 e. The summed E-state index contributed by atoms with van der Waals surface area (Å²) in [5.74, 6) is 2.41. The third-order valence-electron chi connectivity index (χ3n) is 9.58. The summed E-state index contributed by atoms with van der Waals surface area (Å²) in [7, 11) is 0. The molecule has 1 heterocycles. The average Bonchev–Trinajstić information content (AvgIpc) is 2.88. The molecule has 39 heavy (non-hydrogen) atoms. The first-order chi connectivity index (χ1) is 18.5. The molecular weight excluding hydrogens is 529 g/mol. The highest BCUT2D eigenvalue weighted by molar-refractivity contribution is 6.35. The van der Waals surface area contributed by atoms with Crippen LogP contribution < -0.4 is 16.4 Å². The number of hydrogen-bond acceptors (Lipinski definition) is 3. The molecule has 4 fully saturated rings. The Morgan fingerprint density at radius 3 is 2.54 bits per heavy atom. The van der Waals surface area contributed by atoms with Crippen LogP contribution in [0.4, 0.5) is 5.69 Å². The topological polar surface area (TPSA) is 82.7 Å². The predicted molar refractivity (Wildman–Crippen MR) is 162 cm³/mol. The lowest BCUT2D eigenvalue weighted by atomic mass is 9.45. The standard InChI is InChI=1S/C31H41Cl2N5O/c1-18-17-38(12-11-35-18)30(37-28-14-21-13-26(19(28)2)31(21,3)4)36-23-8-5-20(6-9-23)25(16-29(34)39)24-10-7-22(32)15-27(24)33/h5-10,15,18-19,21,25-26,28,35H,11-14,16-17H2,1-4H3,(H2,34,39)(H,36,37)/t18-,19+,21-,25?,26+,28-/m0/s1. The molecule has 1 unspecified atom stereocenters. The first kappa shape index (κ1) is 28.3. The molecule has 6 atom stereocenters. The van der Waals surface area contributed by atoms with Crippen molar-refractivity contribution in [3.63, 3.8) is 0 Å². The average molecular weight is 571 g/mol. The fourth-order valence-electron chi connectivity index (χ4n) is 7.09. The van der Waals surface area contributed by atoms with E-state index in [4.69, 9.17) is 33.9 Å². The molecule has 3 saturated carbocycles. The van der Waals surface area contributed by atoms with Gasteiger partial charge in [-0.1, -0.05) is 62.2 Å². The monoisotopic (exact) mass is 569 g/mol. The van der Waals surface area contributed by atoms with Crippen LogP contribution in [0.15, 0.2) is 47.5 Å². The Kier molecular flexibility index (Phi) is 8.19. The van der Waals surface area contributed by atoms with E-state index in [1.807, 2.05) is 18.2 Å². The summed E-state index contributed by atoms with van der Waals surface area (Å²) in [4.78, 5) is 19.7. The summed E-state index contributed by atoms with van der Waals surface area (Å²) in [6, 6.07) is 14.3. The number of benzene rings is 2. The number of anilines is 1. The van der Waals surface area contributed by atoms with Crippen molar-refractivity contribution in [2.24, 2.45) is 33.9 Å². The quantitative estimate of drug-likeness (QED) is 0.288. The number of halogens is 2. The van der Waals surface area contributed by atoms with Crippen LogP contribution >= 0.6 is 23.2 Å². The van der Waals surface area contributed by atoms with E-state index >= 15 is 0 Å². The number of piperazine rings is 1. The third kappa shape index (κ3) is 5.94. The summed E-state index contributed by atoms with van der Waals surface area (Å²) in [5.41, 5.74) is 8.84. The molecule has 6 nitrogen and oxygen atoms in total. The highest BCUT2D eigenvalue weighted by Crippen LogP contribution is 2.61.